The zero-order valence-corrected chi connectivity index (χ0v) is 12.9. The monoisotopic (exact) mass is 368 g/mol. The van der Waals surface area contributed by atoms with E-state index in [1.807, 2.05) is 0 Å². The second-order valence-corrected chi connectivity index (χ2v) is 5.01. The summed E-state index contributed by atoms with van der Waals surface area (Å²) in [5.74, 6) is -0.829. The minimum absolute atomic E-state index is 0.0650. The molecule has 2 aromatic rings. The SMILES string of the molecule is O=Cc1cc([N+](=O)[O-])ccc1OCC(=O)Nc1cccc(C(F)(F)F)c1. The summed E-state index contributed by atoms with van der Waals surface area (Å²) in [6.45, 7) is -0.602. The van der Waals surface area contributed by atoms with Crippen LogP contribution in [0.25, 0.3) is 0 Å². The third kappa shape index (κ3) is 4.79. The number of halogens is 3. The van der Waals surface area contributed by atoms with Crippen molar-refractivity contribution in [1.82, 2.24) is 0 Å². The molecule has 1 N–H and O–H groups in total. The number of nitro benzene ring substituents is 1. The van der Waals surface area contributed by atoms with Crippen molar-refractivity contribution in [2.75, 3.05) is 11.9 Å². The highest BCUT2D eigenvalue weighted by Crippen LogP contribution is 2.30. The zero-order valence-electron chi connectivity index (χ0n) is 12.9. The molecule has 2 aromatic carbocycles. The molecule has 0 aliphatic heterocycles. The molecule has 136 valence electrons. The van der Waals surface area contributed by atoms with Crippen LogP contribution in [0.3, 0.4) is 0 Å². The number of nitrogens with zero attached hydrogens (tertiary/aromatic N) is 1. The number of amides is 1. The van der Waals surface area contributed by atoms with E-state index in [1.54, 1.807) is 0 Å². The number of carbonyl (C=O) groups is 2. The molecule has 1 amide bonds. The Bertz CT molecular complexity index is 852. The van der Waals surface area contributed by atoms with Crippen LogP contribution in [0.15, 0.2) is 42.5 Å². The molecule has 0 heterocycles. The number of carbonyl (C=O) groups excluding carboxylic acids is 2. The minimum Gasteiger partial charge on any atom is -0.483 e. The van der Waals surface area contributed by atoms with Gasteiger partial charge in [-0.05, 0) is 24.3 Å². The summed E-state index contributed by atoms with van der Waals surface area (Å²) < 4.78 is 43.0. The average molecular weight is 368 g/mol. The van der Waals surface area contributed by atoms with Crippen molar-refractivity contribution >= 4 is 23.6 Å². The summed E-state index contributed by atoms with van der Waals surface area (Å²) >= 11 is 0. The normalized spacial score (nSPS) is 10.9. The van der Waals surface area contributed by atoms with Crippen LogP contribution in [-0.4, -0.2) is 23.7 Å². The number of nitrogens with one attached hydrogen (secondary N) is 1. The smallest absolute Gasteiger partial charge is 0.416 e. The fourth-order valence-corrected chi connectivity index (χ4v) is 1.99. The molecule has 10 heteroatoms. The predicted octanol–water partition coefficient (Wildman–Crippen LogP) is 3.44. The fraction of sp³-hybridized carbons (Fsp3) is 0.125. The van der Waals surface area contributed by atoms with E-state index in [2.05, 4.69) is 5.32 Å². The molecule has 7 nitrogen and oxygen atoms in total. The lowest BCUT2D eigenvalue weighted by atomic mass is 10.2. The number of rotatable bonds is 6. The van der Waals surface area contributed by atoms with Gasteiger partial charge in [0.2, 0.25) is 0 Å². The molecule has 2 rings (SSSR count). The van der Waals surface area contributed by atoms with Crippen molar-refractivity contribution in [2.45, 2.75) is 6.18 Å². The number of non-ortho nitro benzene ring substituents is 1. The Hall–Kier alpha value is -3.43. The highest BCUT2D eigenvalue weighted by molar-refractivity contribution is 5.92. The molecule has 26 heavy (non-hydrogen) atoms. The van der Waals surface area contributed by atoms with Crippen LogP contribution >= 0.6 is 0 Å². The van der Waals surface area contributed by atoms with Crippen LogP contribution in [0, 0.1) is 10.1 Å². The number of benzene rings is 2. The number of alkyl halides is 3. The quantitative estimate of drug-likeness (QED) is 0.478. The third-order valence-corrected chi connectivity index (χ3v) is 3.16. The van der Waals surface area contributed by atoms with Gasteiger partial charge in [0.1, 0.15) is 5.75 Å². The van der Waals surface area contributed by atoms with E-state index in [4.69, 9.17) is 4.74 Å². The van der Waals surface area contributed by atoms with E-state index in [0.717, 1.165) is 36.4 Å². The fourth-order valence-electron chi connectivity index (χ4n) is 1.99. The Balaban J connectivity index is 2.03. The van der Waals surface area contributed by atoms with E-state index < -0.39 is 29.2 Å². The van der Waals surface area contributed by atoms with Gasteiger partial charge in [-0.15, -0.1) is 0 Å². The van der Waals surface area contributed by atoms with Gasteiger partial charge in [0.05, 0.1) is 16.1 Å². The number of aldehydes is 1. The Morgan fingerprint density at radius 2 is 1.96 bits per heavy atom. The van der Waals surface area contributed by atoms with E-state index in [9.17, 15) is 32.9 Å². The molecule has 0 spiro atoms. The summed E-state index contributed by atoms with van der Waals surface area (Å²) in [6.07, 6.45) is -4.22. The van der Waals surface area contributed by atoms with Crippen molar-refractivity contribution < 1.29 is 32.4 Å². The molecule has 0 saturated heterocycles. The van der Waals surface area contributed by atoms with E-state index in [-0.39, 0.29) is 22.7 Å². The van der Waals surface area contributed by atoms with E-state index in [1.165, 1.54) is 6.07 Å². The lowest BCUT2D eigenvalue weighted by molar-refractivity contribution is -0.384. The molecule has 0 unspecified atom stereocenters. The Morgan fingerprint density at radius 3 is 2.58 bits per heavy atom. The number of hydrogen-bond acceptors (Lipinski definition) is 5. The van der Waals surface area contributed by atoms with Gasteiger partial charge in [-0.3, -0.25) is 19.7 Å². The summed E-state index contributed by atoms with van der Waals surface area (Å²) in [5.41, 5.74) is -1.46. The van der Waals surface area contributed by atoms with Gasteiger partial charge in [-0.2, -0.15) is 13.2 Å². The summed E-state index contributed by atoms with van der Waals surface area (Å²) in [4.78, 5) is 32.7. The lowest BCUT2D eigenvalue weighted by Gasteiger charge is -2.11. The molecular formula is C16H11F3N2O5. The van der Waals surface area contributed by atoms with Crippen LogP contribution in [-0.2, 0) is 11.0 Å². The number of anilines is 1. The number of ether oxygens (including phenoxy) is 1. The average Bonchev–Trinajstić information content (AvgIpc) is 2.59. The molecule has 0 aliphatic rings. The van der Waals surface area contributed by atoms with Crippen LogP contribution in [0.5, 0.6) is 5.75 Å². The Kier molecular flexibility index (Phi) is 5.55. The Labute approximate surface area is 144 Å². The molecule has 0 saturated carbocycles. The first-order chi connectivity index (χ1) is 12.2. The van der Waals surface area contributed by atoms with Crippen LogP contribution in [0.2, 0.25) is 0 Å². The van der Waals surface area contributed by atoms with Gasteiger partial charge in [-0.25, -0.2) is 0 Å². The second-order valence-electron chi connectivity index (χ2n) is 5.01. The first-order valence-electron chi connectivity index (χ1n) is 7.04. The maximum Gasteiger partial charge on any atom is 0.416 e. The lowest BCUT2D eigenvalue weighted by Crippen LogP contribution is -2.21. The zero-order chi connectivity index (χ0) is 19.3. The highest BCUT2D eigenvalue weighted by Gasteiger charge is 2.30. The highest BCUT2D eigenvalue weighted by atomic mass is 19.4. The van der Waals surface area contributed by atoms with Gasteiger partial charge in [0, 0.05) is 17.8 Å². The van der Waals surface area contributed by atoms with Gasteiger partial charge in [0.15, 0.2) is 12.9 Å². The summed E-state index contributed by atoms with van der Waals surface area (Å²) in [6, 6.07) is 7.26. The van der Waals surface area contributed by atoms with Crippen molar-refractivity contribution in [3.63, 3.8) is 0 Å². The number of nitro groups is 1. The molecule has 0 atom stereocenters. The first kappa shape index (κ1) is 18.9. The van der Waals surface area contributed by atoms with Crippen molar-refractivity contribution in [2.24, 2.45) is 0 Å². The largest absolute Gasteiger partial charge is 0.483 e. The molecule has 0 fully saturated rings. The molecule has 0 aromatic heterocycles. The maximum atomic E-state index is 12.6. The standard InChI is InChI=1S/C16H11F3N2O5/c17-16(18,19)11-2-1-3-12(7-11)20-15(23)9-26-14-5-4-13(21(24)25)6-10(14)8-22/h1-8H,9H2,(H,20,23). The van der Waals surface area contributed by atoms with Crippen molar-refractivity contribution in [1.29, 1.82) is 0 Å². The van der Waals surface area contributed by atoms with Gasteiger partial charge >= 0.3 is 6.18 Å². The van der Waals surface area contributed by atoms with Gasteiger partial charge in [0.25, 0.3) is 11.6 Å². The number of hydrogen-bond donors (Lipinski definition) is 1. The summed E-state index contributed by atoms with van der Waals surface area (Å²) in [5, 5.41) is 12.9. The van der Waals surface area contributed by atoms with Crippen molar-refractivity contribution in [3.8, 4) is 5.75 Å². The minimum atomic E-state index is -4.55. The van der Waals surface area contributed by atoms with E-state index in [0.29, 0.717) is 6.29 Å². The van der Waals surface area contributed by atoms with Crippen LogP contribution in [0.1, 0.15) is 15.9 Å². The molecular weight excluding hydrogens is 357 g/mol. The van der Waals surface area contributed by atoms with Crippen LogP contribution in [0.4, 0.5) is 24.5 Å². The predicted molar refractivity (Wildman–Crippen MR) is 84.1 cm³/mol. The molecule has 0 radical (unpaired) electrons. The summed E-state index contributed by atoms with van der Waals surface area (Å²) in [7, 11) is 0. The van der Waals surface area contributed by atoms with Gasteiger partial charge < -0.3 is 10.1 Å². The van der Waals surface area contributed by atoms with Crippen LogP contribution < -0.4 is 10.1 Å². The van der Waals surface area contributed by atoms with Crippen molar-refractivity contribution in [3.05, 3.63) is 63.7 Å². The first-order valence-corrected chi connectivity index (χ1v) is 7.04. The second kappa shape index (κ2) is 7.64. The molecule has 0 bridgehead atoms. The van der Waals surface area contributed by atoms with Gasteiger partial charge in [-0.1, -0.05) is 6.07 Å². The van der Waals surface area contributed by atoms with E-state index >= 15 is 0 Å². The molecule has 0 aliphatic carbocycles. The Morgan fingerprint density at radius 1 is 1.23 bits per heavy atom. The maximum absolute atomic E-state index is 12.6. The topological polar surface area (TPSA) is 98.5 Å². The third-order valence-electron chi connectivity index (χ3n) is 3.16.